The number of para-hydroxylation sites is 2. The number of nitrogens with one attached hydrogen (secondary N) is 1. The second kappa shape index (κ2) is 9.31. The van der Waals surface area contributed by atoms with Crippen molar-refractivity contribution in [2.45, 2.75) is 49.2 Å². The SMILES string of the molecule is C=CCn1c(S[C@H](C)C(=O)Nc2ccc3c(c2)CCC3)nnc1[C@H]1COc2ccccc2O1. The molecule has 1 amide bonds. The average Bonchev–Trinajstić information content (AvgIpc) is 3.46. The maximum atomic E-state index is 12.9. The van der Waals surface area contributed by atoms with E-state index in [0.29, 0.717) is 29.9 Å². The smallest absolute Gasteiger partial charge is 0.237 e. The number of anilines is 1. The van der Waals surface area contributed by atoms with Gasteiger partial charge in [0.2, 0.25) is 5.91 Å². The zero-order valence-corrected chi connectivity index (χ0v) is 19.3. The second-order valence-corrected chi connectivity index (χ2v) is 9.50. The van der Waals surface area contributed by atoms with E-state index >= 15 is 0 Å². The third kappa shape index (κ3) is 4.48. The molecule has 1 aliphatic heterocycles. The fourth-order valence-corrected chi connectivity index (χ4v) is 5.04. The number of fused-ring (bicyclic) bond motifs is 2. The molecule has 1 N–H and O–H groups in total. The van der Waals surface area contributed by atoms with E-state index in [9.17, 15) is 4.79 Å². The highest BCUT2D eigenvalue weighted by Gasteiger charge is 2.29. The van der Waals surface area contributed by atoms with E-state index in [-0.39, 0.29) is 11.2 Å². The third-order valence-electron chi connectivity index (χ3n) is 5.87. The van der Waals surface area contributed by atoms with Crippen LogP contribution in [0.15, 0.2) is 60.3 Å². The number of allylic oxidation sites excluding steroid dienone is 1. The molecule has 8 heteroatoms. The van der Waals surface area contributed by atoms with Crippen molar-refractivity contribution in [2.24, 2.45) is 0 Å². The highest BCUT2D eigenvalue weighted by atomic mass is 32.2. The zero-order valence-electron chi connectivity index (χ0n) is 18.5. The first-order valence-corrected chi connectivity index (χ1v) is 12.0. The molecule has 1 aromatic heterocycles. The van der Waals surface area contributed by atoms with Crippen LogP contribution in [-0.2, 0) is 24.2 Å². The Hall–Kier alpha value is -3.26. The number of carbonyl (C=O) groups excluding carboxylic acids is 1. The van der Waals surface area contributed by atoms with Crippen LogP contribution in [0.25, 0.3) is 0 Å². The Balaban J connectivity index is 1.29. The topological polar surface area (TPSA) is 78.3 Å². The zero-order chi connectivity index (χ0) is 22.8. The van der Waals surface area contributed by atoms with E-state index < -0.39 is 6.10 Å². The molecule has 2 atom stereocenters. The number of hydrogen-bond acceptors (Lipinski definition) is 6. The van der Waals surface area contributed by atoms with Gasteiger partial charge in [0, 0.05) is 12.2 Å². The first-order valence-electron chi connectivity index (χ1n) is 11.1. The number of nitrogens with zero attached hydrogens (tertiary/aromatic N) is 3. The molecule has 0 unspecified atom stereocenters. The van der Waals surface area contributed by atoms with Crippen molar-refractivity contribution in [3.63, 3.8) is 0 Å². The molecule has 0 saturated heterocycles. The molecule has 2 heterocycles. The Labute approximate surface area is 197 Å². The van der Waals surface area contributed by atoms with Crippen LogP contribution in [0, 0.1) is 0 Å². The summed E-state index contributed by atoms with van der Waals surface area (Å²) in [5, 5.41) is 12.1. The quantitative estimate of drug-likeness (QED) is 0.409. The van der Waals surface area contributed by atoms with Gasteiger partial charge in [-0.25, -0.2) is 0 Å². The number of carbonyl (C=O) groups is 1. The van der Waals surface area contributed by atoms with Gasteiger partial charge in [-0.1, -0.05) is 36.0 Å². The number of benzene rings is 2. The van der Waals surface area contributed by atoms with Gasteiger partial charge in [-0.15, -0.1) is 16.8 Å². The molecular formula is C25H26N4O3S. The summed E-state index contributed by atoms with van der Waals surface area (Å²) in [6.45, 7) is 6.58. The molecule has 5 rings (SSSR count). The largest absolute Gasteiger partial charge is 0.485 e. The predicted molar refractivity (Wildman–Crippen MR) is 128 cm³/mol. The Morgan fingerprint density at radius 3 is 2.91 bits per heavy atom. The van der Waals surface area contributed by atoms with Crippen molar-refractivity contribution in [3.8, 4) is 11.5 Å². The summed E-state index contributed by atoms with van der Waals surface area (Å²) in [6, 6.07) is 13.8. The summed E-state index contributed by atoms with van der Waals surface area (Å²) in [5.74, 6) is 1.98. The van der Waals surface area contributed by atoms with Gasteiger partial charge in [0.1, 0.15) is 6.61 Å². The van der Waals surface area contributed by atoms with Gasteiger partial charge in [-0.3, -0.25) is 9.36 Å². The summed E-state index contributed by atoms with van der Waals surface area (Å²) in [6.07, 6.45) is 4.77. The molecule has 0 spiro atoms. The van der Waals surface area contributed by atoms with Gasteiger partial charge in [0.25, 0.3) is 0 Å². The van der Waals surface area contributed by atoms with Gasteiger partial charge in [0.05, 0.1) is 5.25 Å². The molecule has 0 fully saturated rings. The lowest BCUT2D eigenvalue weighted by Gasteiger charge is -2.26. The third-order valence-corrected chi connectivity index (χ3v) is 6.95. The van der Waals surface area contributed by atoms with Crippen LogP contribution >= 0.6 is 11.8 Å². The van der Waals surface area contributed by atoms with Crippen LogP contribution in [0.1, 0.15) is 36.4 Å². The molecule has 0 bridgehead atoms. The first-order chi connectivity index (χ1) is 16.1. The summed E-state index contributed by atoms with van der Waals surface area (Å²) < 4.78 is 13.9. The fourth-order valence-electron chi connectivity index (χ4n) is 4.18. The number of aromatic nitrogens is 3. The number of amides is 1. The lowest BCUT2D eigenvalue weighted by molar-refractivity contribution is -0.115. The van der Waals surface area contributed by atoms with E-state index in [2.05, 4.69) is 34.2 Å². The molecule has 1 aliphatic carbocycles. The van der Waals surface area contributed by atoms with Crippen molar-refractivity contribution >= 4 is 23.4 Å². The summed E-state index contributed by atoms with van der Waals surface area (Å²) in [4.78, 5) is 12.9. The van der Waals surface area contributed by atoms with E-state index in [4.69, 9.17) is 9.47 Å². The van der Waals surface area contributed by atoms with E-state index in [1.807, 2.05) is 41.8 Å². The van der Waals surface area contributed by atoms with Crippen LogP contribution in [0.2, 0.25) is 0 Å². The van der Waals surface area contributed by atoms with Gasteiger partial charge in [-0.05, 0) is 61.6 Å². The lowest BCUT2D eigenvalue weighted by Crippen LogP contribution is -2.25. The highest BCUT2D eigenvalue weighted by Crippen LogP contribution is 2.36. The van der Waals surface area contributed by atoms with Crippen molar-refractivity contribution in [2.75, 3.05) is 11.9 Å². The van der Waals surface area contributed by atoms with E-state index in [1.54, 1.807) is 6.08 Å². The fraction of sp³-hybridized carbons (Fsp3) is 0.320. The van der Waals surface area contributed by atoms with Crippen LogP contribution in [-0.4, -0.2) is 32.5 Å². The Morgan fingerprint density at radius 2 is 2.06 bits per heavy atom. The standard InChI is InChI=1S/C25H26N4O3S/c1-3-13-29-23(22-15-31-20-9-4-5-10-21(20)32-22)27-28-25(29)33-16(2)24(30)26-19-12-11-17-7-6-8-18(17)14-19/h3-5,9-12,14,16,22H,1,6-8,13,15H2,2H3,(H,26,30)/t16-,22-/m1/s1. The molecule has 2 aromatic carbocycles. The minimum Gasteiger partial charge on any atom is -0.485 e. The van der Waals surface area contributed by atoms with Gasteiger partial charge < -0.3 is 14.8 Å². The molecule has 33 heavy (non-hydrogen) atoms. The van der Waals surface area contributed by atoms with E-state index in [0.717, 1.165) is 24.3 Å². The molecule has 0 saturated carbocycles. The van der Waals surface area contributed by atoms with Crippen LogP contribution in [0.3, 0.4) is 0 Å². The number of hydrogen-bond donors (Lipinski definition) is 1. The van der Waals surface area contributed by atoms with Crippen molar-refractivity contribution < 1.29 is 14.3 Å². The normalized spacial score (nSPS) is 17.3. The summed E-state index contributed by atoms with van der Waals surface area (Å²) in [5.41, 5.74) is 3.56. The molecule has 7 nitrogen and oxygen atoms in total. The number of thioether (sulfide) groups is 1. The minimum absolute atomic E-state index is 0.0705. The highest BCUT2D eigenvalue weighted by molar-refractivity contribution is 8.00. The van der Waals surface area contributed by atoms with Gasteiger partial charge in [-0.2, -0.15) is 0 Å². The molecule has 3 aromatic rings. The number of aryl methyl sites for hydroxylation is 2. The first kappa shape index (κ1) is 21.6. The Morgan fingerprint density at radius 1 is 1.24 bits per heavy atom. The molecule has 0 radical (unpaired) electrons. The monoisotopic (exact) mass is 462 g/mol. The van der Waals surface area contributed by atoms with Crippen molar-refractivity contribution in [1.29, 1.82) is 0 Å². The van der Waals surface area contributed by atoms with Gasteiger partial charge in [0.15, 0.2) is 28.6 Å². The maximum Gasteiger partial charge on any atom is 0.237 e. The van der Waals surface area contributed by atoms with Crippen LogP contribution in [0.5, 0.6) is 11.5 Å². The van der Waals surface area contributed by atoms with E-state index in [1.165, 1.54) is 29.3 Å². The Bertz CT molecular complexity index is 1190. The van der Waals surface area contributed by atoms with Gasteiger partial charge >= 0.3 is 0 Å². The number of ether oxygens (including phenoxy) is 2. The maximum absolute atomic E-state index is 12.9. The van der Waals surface area contributed by atoms with Crippen LogP contribution in [0.4, 0.5) is 5.69 Å². The molecule has 170 valence electrons. The Kier molecular flexibility index (Phi) is 6.09. The molecular weight excluding hydrogens is 436 g/mol. The predicted octanol–water partition coefficient (Wildman–Crippen LogP) is 4.58. The lowest BCUT2D eigenvalue weighted by atomic mass is 10.1. The minimum atomic E-state index is -0.391. The van der Waals surface area contributed by atoms with Crippen molar-refractivity contribution in [3.05, 3.63) is 72.1 Å². The number of rotatable bonds is 7. The van der Waals surface area contributed by atoms with Crippen LogP contribution < -0.4 is 14.8 Å². The second-order valence-electron chi connectivity index (χ2n) is 8.19. The average molecular weight is 463 g/mol. The molecule has 2 aliphatic rings. The summed E-state index contributed by atoms with van der Waals surface area (Å²) in [7, 11) is 0. The van der Waals surface area contributed by atoms with Crippen molar-refractivity contribution in [1.82, 2.24) is 14.8 Å². The summed E-state index contributed by atoms with van der Waals surface area (Å²) >= 11 is 1.37.